The Hall–Kier alpha value is -4.84. The van der Waals surface area contributed by atoms with Crippen molar-refractivity contribution in [1.29, 1.82) is 0 Å². The number of phenols is 1. The molecule has 1 saturated heterocycles. The number of amides is 3. The molecule has 0 atom stereocenters. The molecule has 0 bridgehead atoms. The quantitative estimate of drug-likeness (QED) is 0.235. The number of rotatable bonds is 8. The van der Waals surface area contributed by atoms with Gasteiger partial charge in [-0.25, -0.2) is 0 Å². The van der Waals surface area contributed by atoms with Gasteiger partial charge in [-0.15, -0.1) is 0 Å². The van der Waals surface area contributed by atoms with Crippen molar-refractivity contribution < 1.29 is 33.9 Å². The van der Waals surface area contributed by atoms with Crippen molar-refractivity contribution in [1.82, 2.24) is 4.90 Å². The number of ether oxygens (including phenoxy) is 2. The molecule has 3 aromatic rings. The Morgan fingerprint density at radius 3 is 2.42 bits per heavy atom. The number of carbonyl (C=O) groups is 3. The van der Waals surface area contributed by atoms with Crippen LogP contribution in [0.1, 0.15) is 21.5 Å². The fourth-order valence-electron chi connectivity index (χ4n) is 3.63. The number of nitrogens with one attached hydrogen (secondary N) is 1. The number of phenolic OH excluding ortho intramolecular Hbond substituents is 1. The second kappa shape index (κ2) is 11.0. The molecular formula is C26H21N3O8S. The Bertz CT molecular complexity index is 1470. The van der Waals surface area contributed by atoms with Crippen molar-refractivity contribution >= 4 is 46.3 Å². The van der Waals surface area contributed by atoms with Crippen LogP contribution in [0, 0.1) is 10.1 Å². The van der Waals surface area contributed by atoms with Gasteiger partial charge in [0, 0.05) is 23.9 Å². The Balaban J connectivity index is 1.51. The highest BCUT2D eigenvalue weighted by molar-refractivity contribution is 8.18. The number of benzene rings is 3. The maximum atomic E-state index is 12.9. The second-order valence-corrected chi connectivity index (χ2v) is 8.99. The van der Waals surface area contributed by atoms with E-state index >= 15 is 0 Å². The average Bonchev–Trinajstić information content (AvgIpc) is 3.17. The van der Waals surface area contributed by atoms with Gasteiger partial charge in [0.2, 0.25) is 0 Å². The number of hydrogen-bond donors (Lipinski definition) is 2. The first kappa shape index (κ1) is 26.2. The monoisotopic (exact) mass is 535 g/mol. The number of nitro groups is 1. The van der Waals surface area contributed by atoms with Gasteiger partial charge in [-0.3, -0.25) is 29.4 Å². The van der Waals surface area contributed by atoms with Crippen LogP contribution in [0.2, 0.25) is 0 Å². The van der Waals surface area contributed by atoms with E-state index in [0.717, 1.165) is 16.7 Å². The summed E-state index contributed by atoms with van der Waals surface area (Å²) in [5, 5.41) is 23.3. The molecule has 0 aromatic heterocycles. The average molecular weight is 536 g/mol. The topological polar surface area (TPSA) is 148 Å². The first-order chi connectivity index (χ1) is 18.2. The van der Waals surface area contributed by atoms with Crippen LogP contribution in [-0.4, -0.2) is 46.2 Å². The number of methoxy groups -OCH3 is 2. The summed E-state index contributed by atoms with van der Waals surface area (Å²) in [6.07, 6.45) is 1.45. The molecule has 11 nitrogen and oxygen atoms in total. The maximum Gasteiger partial charge on any atom is 0.293 e. The molecule has 0 saturated carbocycles. The summed E-state index contributed by atoms with van der Waals surface area (Å²) in [5.41, 5.74) is 1.24. The number of nitrogens with zero attached hydrogens (tertiary/aromatic N) is 2. The van der Waals surface area contributed by atoms with Gasteiger partial charge in [0.05, 0.1) is 36.2 Å². The highest BCUT2D eigenvalue weighted by atomic mass is 32.2. The smallest absolute Gasteiger partial charge is 0.293 e. The SMILES string of the molecule is COc1ccc(NC(=O)c2cc(C=C3SC(=O)N(Cc4ccc([N+](=O)[O-])cc4)C3=O)ccc2O)cc1OC. The number of hydrogen-bond acceptors (Lipinski definition) is 9. The largest absolute Gasteiger partial charge is 0.507 e. The molecule has 1 aliphatic heterocycles. The fraction of sp³-hybridized carbons (Fsp3) is 0.115. The van der Waals surface area contributed by atoms with E-state index < -0.39 is 22.0 Å². The number of anilines is 1. The van der Waals surface area contributed by atoms with Gasteiger partial charge < -0.3 is 19.9 Å². The Labute approximate surface area is 220 Å². The highest BCUT2D eigenvalue weighted by Gasteiger charge is 2.35. The molecule has 1 fully saturated rings. The third kappa shape index (κ3) is 5.60. The number of carbonyl (C=O) groups excluding carboxylic acids is 3. The van der Waals surface area contributed by atoms with E-state index in [1.165, 1.54) is 62.8 Å². The van der Waals surface area contributed by atoms with Crippen LogP contribution in [0.4, 0.5) is 16.2 Å². The molecule has 0 unspecified atom stereocenters. The Morgan fingerprint density at radius 2 is 1.76 bits per heavy atom. The minimum absolute atomic E-state index is 0.0429. The van der Waals surface area contributed by atoms with E-state index in [2.05, 4.69) is 5.32 Å². The van der Waals surface area contributed by atoms with Crippen LogP contribution in [0.3, 0.4) is 0 Å². The van der Waals surface area contributed by atoms with Crippen LogP contribution in [0.5, 0.6) is 17.2 Å². The zero-order valence-electron chi connectivity index (χ0n) is 20.2. The van der Waals surface area contributed by atoms with Gasteiger partial charge in [0.25, 0.3) is 22.7 Å². The molecule has 0 aliphatic carbocycles. The first-order valence-electron chi connectivity index (χ1n) is 11.0. The van der Waals surface area contributed by atoms with E-state index in [9.17, 15) is 29.6 Å². The lowest BCUT2D eigenvalue weighted by Crippen LogP contribution is -2.27. The van der Waals surface area contributed by atoms with E-state index in [0.29, 0.717) is 28.3 Å². The van der Waals surface area contributed by atoms with Crippen molar-refractivity contribution in [3.8, 4) is 17.2 Å². The van der Waals surface area contributed by atoms with Crippen LogP contribution >= 0.6 is 11.8 Å². The summed E-state index contributed by atoms with van der Waals surface area (Å²) < 4.78 is 10.4. The van der Waals surface area contributed by atoms with Crippen molar-refractivity contribution in [2.75, 3.05) is 19.5 Å². The van der Waals surface area contributed by atoms with Gasteiger partial charge in [-0.1, -0.05) is 18.2 Å². The molecule has 2 N–H and O–H groups in total. The number of aromatic hydroxyl groups is 1. The zero-order chi connectivity index (χ0) is 27.4. The van der Waals surface area contributed by atoms with E-state index in [4.69, 9.17) is 9.47 Å². The first-order valence-corrected chi connectivity index (χ1v) is 11.9. The van der Waals surface area contributed by atoms with Gasteiger partial charge in [-0.2, -0.15) is 0 Å². The van der Waals surface area contributed by atoms with Gasteiger partial charge in [-0.05, 0) is 53.2 Å². The number of nitro benzene ring substituents is 1. The Kier molecular flexibility index (Phi) is 7.63. The highest BCUT2D eigenvalue weighted by Crippen LogP contribution is 2.34. The third-order valence-corrected chi connectivity index (χ3v) is 6.47. The lowest BCUT2D eigenvalue weighted by Gasteiger charge is -2.12. The van der Waals surface area contributed by atoms with Crippen LogP contribution in [0.15, 0.2) is 65.6 Å². The predicted molar refractivity (Wildman–Crippen MR) is 140 cm³/mol. The van der Waals surface area contributed by atoms with Gasteiger partial charge >= 0.3 is 0 Å². The molecule has 3 amide bonds. The molecule has 0 radical (unpaired) electrons. The summed E-state index contributed by atoms with van der Waals surface area (Å²) >= 11 is 0.734. The minimum atomic E-state index is -0.601. The fourth-order valence-corrected chi connectivity index (χ4v) is 4.47. The third-order valence-electron chi connectivity index (χ3n) is 5.57. The summed E-state index contributed by atoms with van der Waals surface area (Å²) in [4.78, 5) is 49.7. The molecule has 12 heteroatoms. The van der Waals surface area contributed by atoms with E-state index in [1.807, 2.05) is 0 Å². The predicted octanol–water partition coefficient (Wildman–Crippen LogP) is 4.81. The van der Waals surface area contributed by atoms with Crippen molar-refractivity contribution in [3.05, 3.63) is 92.4 Å². The zero-order valence-corrected chi connectivity index (χ0v) is 21.0. The second-order valence-electron chi connectivity index (χ2n) is 7.99. The minimum Gasteiger partial charge on any atom is -0.507 e. The van der Waals surface area contributed by atoms with Gasteiger partial charge in [0.1, 0.15) is 5.75 Å². The van der Waals surface area contributed by atoms with Gasteiger partial charge in [0.15, 0.2) is 11.5 Å². The Morgan fingerprint density at radius 1 is 1.05 bits per heavy atom. The van der Waals surface area contributed by atoms with E-state index in [-0.39, 0.29) is 28.5 Å². The lowest BCUT2D eigenvalue weighted by atomic mass is 10.1. The van der Waals surface area contributed by atoms with Crippen LogP contribution < -0.4 is 14.8 Å². The maximum absolute atomic E-state index is 12.9. The summed E-state index contributed by atoms with van der Waals surface area (Å²) in [5.74, 6) is -0.518. The molecule has 194 valence electrons. The van der Waals surface area contributed by atoms with Crippen LogP contribution in [-0.2, 0) is 11.3 Å². The standard InChI is InChI=1S/C26H21N3O8S/c1-36-21-10-6-17(13-22(21)37-2)27-24(31)19-11-16(5-9-20(19)30)12-23-25(32)28(26(33)38-23)14-15-3-7-18(8-4-15)29(34)35/h3-13,30H,14H2,1-2H3,(H,27,31). The number of non-ortho nitro benzene ring substituents is 1. The molecule has 0 spiro atoms. The molecule has 38 heavy (non-hydrogen) atoms. The molecule has 1 aliphatic rings. The lowest BCUT2D eigenvalue weighted by molar-refractivity contribution is -0.384. The molecule has 4 rings (SSSR count). The van der Waals surface area contributed by atoms with Crippen molar-refractivity contribution in [3.63, 3.8) is 0 Å². The van der Waals surface area contributed by atoms with E-state index in [1.54, 1.807) is 18.2 Å². The number of imide groups is 1. The summed E-state index contributed by atoms with van der Waals surface area (Å²) in [7, 11) is 2.95. The summed E-state index contributed by atoms with van der Waals surface area (Å²) in [6, 6.07) is 14.6. The molecular weight excluding hydrogens is 514 g/mol. The van der Waals surface area contributed by atoms with Crippen molar-refractivity contribution in [2.24, 2.45) is 0 Å². The number of thioether (sulfide) groups is 1. The normalized spacial score (nSPS) is 14.1. The van der Waals surface area contributed by atoms with Crippen LogP contribution in [0.25, 0.3) is 6.08 Å². The van der Waals surface area contributed by atoms with Crippen molar-refractivity contribution in [2.45, 2.75) is 6.54 Å². The molecule has 3 aromatic carbocycles. The summed E-state index contributed by atoms with van der Waals surface area (Å²) in [6.45, 7) is -0.0471. The molecule has 1 heterocycles.